The largest absolute Gasteiger partial charge is 0.340 e. The van der Waals surface area contributed by atoms with Crippen LogP contribution in [0.15, 0.2) is 0 Å². The lowest BCUT2D eigenvalue weighted by Crippen LogP contribution is -2.51. The quantitative estimate of drug-likeness (QED) is 0.840. The van der Waals surface area contributed by atoms with Gasteiger partial charge in [0.05, 0.1) is 6.04 Å². The molecule has 1 amide bonds. The van der Waals surface area contributed by atoms with Crippen molar-refractivity contribution in [3.8, 4) is 0 Å². The third-order valence-electron chi connectivity index (χ3n) is 4.88. The molecular weight excluding hydrogens is 250 g/mol. The molecule has 0 radical (unpaired) electrons. The molecule has 1 aliphatic carbocycles. The molecule has 0 aromatic heterocycles. The van der Waals surface area contributed by atoms with Crippen molar-refractivity contribution in [3.05, 3.63) is 0 Å². The third-order valence-corrected chi connectivity index (χ3v) is 4.88. The first-order valence-corrected chi connectivity index (χ1v) is 8.18. The maximum atomic E-state index is 12.5. The Hall–Kier alpha value is -0.610. The van der Waals surface area contributed by atoms with Crippen molar-refractivity contribution < 1.29 is 4.79 Å². The van der Waals surface area contributed by atoms with E-state index in [2.05, 4.69) is 4.90 Å². The highest BCUT2D eigenvalue weighted by molar-refractivity contribution is 5.82. The van der Waals surface area contributed by atoms with Gasteiger partial charge in [-0.25, -0.2) is 0 Å². The van der Waals surface area contributed by atoms with Crippen LogP contribution < -0.4 is 5.73 Å². The molecule has 20 heavy (non-hydrogen) atoms. The second-order valence-corrected chi connectivity index (χ2v) is 7.50. The molecule has 1 saturated heterocycles. The summed E-state index contributed by atoms with van der Waals surface area (Å²) in [7, 11) is 0. The van der Waals surface area contributed by atoms with Crippen molar-refractivity contribution in [2.45, 2.75) is 65.0 Å². The van der Waals surface area contributed by atoms with E-state index in [0.717, 1.165) is 38.6 Å². The first kappa shape index (κ1) is 15.8. The molecule has 2 aliphatic rings. The zero-order valence-corrected chi connectivity index (χ0v) is 13.4. The Morgan fingerprint density at radius 2 is 1.70 bits per heavy atom. The third kappa shape index (κ3) is 3.73. The van der Waals surface area contributed by atoms with Crippen molar-refractivity contribution >= 4 is 5.91 Å². The summed E-state index contributed by atoms with van der Waals surface area (Å²) in [5.41, 5.74) is 5.97. The SMILES string of the molecule is CC(C)(C)[C@H](N)C(=O)N1CCCN(C2CCCC2)CC1. The van der Waals surface area contributed by atoms with Gasteiger partial charge in [-0.3, -0.25) is 9.69 Å². The van der Waals surface area contributed by atoms with Crippen LogP contribution in [-0.2, 0) is 4.79 Å². The normalized spacial score (nSPS) is 24.7. The Kier molecular flexibility index (Phi) is 5.08. The number of hydrogen-bond acceptors (Lipinski definition) is 3. The van der Waals surface area contributed by atoms with E-state index in [9.17, 15) is 4.79 Å². The van der Waals surface area contributed by atoms with Crippen molar-refractivity contribution in [1.29, 1.82) is 0 Å². The molecule has 2 fully saturated rings. The van der Waals surface area contributed by atoms with Crippen molar-refractivity contribution in [2.75, 3.05) is 26.2 Å². The summed E-state index contributed by atoms with van der Waals surface area (Å²) in [6.07, 6.45) is 6.52. The van der Waals surface area contributed by atoms with Gasteiger partial charge in [-0.1, -0.05) is 33.6 Å². The number of carbonyl (C=O) groups excluding carboxylic acids is 1. The first-order chi connectivity index (χ1) is 9.39. The number of amides is 1. The maximum Gasteiger partial charge on any atom is 0.240 e. The molecule has 0 bridgehead atoms. The lowest BCUT2D eigenvalue weighted by atomic mass is 9.86. The van der Waals surface area contributed by atoms with Crippen LogP contribution in [0.5, 0.6) is 0 Å². The van der Waals surface area contributed by atoms with Crippen LogP contribution >= 0.6 is 0 Å². The molecule has 0 spiro atoms. The molecule has 2 rings (SSSR count). The van der Waals surface area contributed by atoms with Gasteiger partial charge < -0.3 is 10.6 Å². The Balaban J connectivity index is 1.90. The number of hydrogen-bond donors (Lipinski definition) is 1. The summed E-state index contributed by atoms with van der Waals surface area (Å²) in [5, 5.41) is 0. The fraction of sp³-hybridized carbons (Fsp3) is 0.938. The van der Waals surface area contributed by atoms with Crippen LogP contribution in [0.3, 0.4) is 0 Å². The Bertz CT molecular complexity index is 331. The van der Waals surface area contributed by atoms with Crippen molar-refractivity contribution in [1.82, 2.24) is 9.80 Å². The van der Waals surface area contributed by atoms with Gasteiger partial charge in [0, 0.05) is 32.2 Å². The van der Waals surface area contributed by atoms with Crippen molar-refractivity contribution in [2.24, 2.45) is 11.1 Å². The smallest absolute Gasteiger partial charge is 0.240 e. The van der Waals surface area contributed by atoms with Gasteiger partial charge in [-0.2, -0.15) is 0 Å². The molecule has 0 aromatic rings. The summed E-state index contributed by atoms with van der Waals surface area (Å²) >= 11 is 0. The van der Waals surface area contributed by atoms with Crippen LogP contribution in [0, 0.1) is 5.41 Å². The highest BCUT2D eigenvalue weighted by Gasteiger charge is 2.32. The Morgan fingerprint density at radius 3 is 2.30 bits per heavy atom. The van der Waals surface area contributed by atoms with E-state index in [1.807, 2.05) is 25.7 Å². The average molecular weight is 281 g/mol. The summed E-state index contributed by atoms with van der Waals surface area (Å²) < 4.78 is 0. The topological polar surface area (TPSA) is 49.6 Å². The van der Waals surface area contributed by atoms with Crippen LogP contribution in [0.2, 0.25) is 0 Å². The summed E-state index contributed by atoms with van der Waals surface area (Å²) in [6, 6.07) is 0.377. The van der Waals surface area contributed by atoms with E-state index >= 15 is 0 Å². The predicted molar refractivity (Wildman–Crippen MR) is 82.5 cm³/mol. The van der Waals surface area contributed by atoms with E-state index in [4.69, 9.17) is 5.73 Å². The van der Waals surface area contributed by atoms with Gasteiger partial charge >= 0.3 is 0 Å². The molecule has 1 atom stereocenters. The number of rotatable bonds is 2. The van der Waals surface area contributed by atoms with E-state index in [-0.39, 0.29) is 17.4 Å². The second kappa shape index (κ2) is 6.44. The second-order valence-electron chi connectivity index (χ2n) is 7.50. The summed E-state index contributed by atoms with van der Waals surface area (Å²) in [5.74, 6) is 0.130. The number of nitrogens with zero attached hydrogens (tertiary/aromatic N) is 2. The summed E-state index contributed by atoms with van der Waals surface area (Å²) in [4.78, 5) is 17.1. The predicted octanol–water partition coefficient (Wildman–Crippen LogP) is 1.84. The van der Waals surface area contributed by atoms with Crippen LogP contribution in [0.1, 0.15) is 52.9 Å². The van der Waals surface area contributed by atoms with Gasteiger partial charge in [0.15, 0.2) is 0 Å². The molecule has 4 nitrogen and oxygen atoms in total. The van der Waals surface area contributed by atoms with Crippen LogP contribution in [-0.4, -0.2) is 54.0 Å². The molecule has 116 valence electrons. The molecule has 1 saturated carbocycles. The van der Waals surface area contributed by atoms with Gasteiger partial charge in [-0.05, 0) is 24.7 Å². The fourth-order valence-corrected chi connectivity index (χ4v) is 3.36. The fourth-order valence-electron chi connectivity index (χ4n) is 3.36. The molecular formula is C16H31N3O. The Labute approximate surface area is 123 Å². The molecule has 1 heterocycles. The summed E-state index contributed by atoms with van der Waals surface area (Å²) in [6.45, 7) is 9.99. The standard InChI is InChI=1S/C16H31N3O/c1-16(2,3)14(17)15(20)19-10-6-9-18(11-12-19)13-7-4-5-8-13/h13-14H,4-12,17H2,1-3H3/t14-/m1/s1. The average Bonchev–Trinajstić information content (AvgIpc) is 2.81. The lowest BCUT2D eigenvalue weighted by Gasteiger charge is -2.32. The molecule has 4 heteroatoms. The number of carbonyl (C=O) groups is 1. The van der Waals surface area contributed by atoms with E-state index < -0.39 is 0 Å². The number of nitrogens with two attached hydrogens (primary N) is 1. The van der Waals surface area contributed by atoms with Gasteiger partial charge in [0.2, 0.25) is 5.91 Å². The van der Waals surface area contributed by atoms with Gasteiger partial charge in [0.25, 0.3) is 0 Å². The zero-order valence-electron chi connectivity index (χ0n) is 13.4. The molecule has 0 aromatic carbocycles. The zero-order chi connectivity index (χ0) is 14.8. The Morgan fingerprint density at radius 1 is 1.05 bits per heavy atom. The minimum atomic E-state index is -0.388. The van der Waals surface area contributed by atoms with Crippen molar-refractivity contribution in [3.63, 3.8) is 0 Å². The molecule has 0 unspecified atom stereocenters. The van der Waals surface area contributed by atoms with Crippen LogP contribution in [0.4, 0.5) is 0 Å². The van der Waals surface area contributed by atoms with Crippen LogP contribution in [0.25, 0.3) is 0 Å². The minimum absolute atomic E-state index is 0.130. The highest BCUT2D eigenvalue weighted by Crippen LogP contribution is 2.25. The van der Waals surface area contributed by atoms with E-state index in [1.54, 1.807) is 0 Å². The van der Waals surface area contributed by atoms with E-state index in [0.29, 0.717) is 0 Å². The minimum Gasteiger partial charge on any atom is -0.340 e. The van der Waals surface area contributed by atoms with Gasteiger partial charge in [0.1, 0.15) is 0 Å². The monoisotopic (exact) mass is 281 g/mol. The van der Waals surface area contributed by atoms with Gasteiger partial charge in [-0.15, -0.1) is 0 Å². The van der Waals surface area contributed by atoms with E-state index in [1.165, 1.54) is 25.7 Å². The highest BCUT2D eigenvalue weighted by atomic mass is 16.2. The first-order valence-electron chi connectivity index (χ1n) is 8.18. The maximum absolute atomic E-state index is 12.5. The lowest BCUT2D eigenvalue weighted by molar-refractivity contribution is -0.134. The molecule has 2 N–H and O–H groups in total. The molecule has 1 aliphatic heterocycles.